The van der Waals surface area contributed by atoms with Crippen LogP contribution >= 0.6 is 11.3 Å². The average Bonchev–Trinajstić information content (AvgIpc) is 2.86. The Morgan fingerprint density at radius 3 is 2.75 bits per heavy atom. The zero-order chi connectivity index (χ0) is 14.6. The van der Waals surface area contributed by atoms with Crippen LogP contribution in [0.25, 0.3) is 0 Å². The van der Waals surface area contributed by atoms with Crippen molar-refractivity contribution in [2.24, 2.45) is 0 Å². The van der Waals surface area contributed by atoms with Crippen LogP contribution in [-0.2, 0) is 21.2 Å². The standard InChI is InChI=1S/C12H18N2O4S2/c1-20(16,17)13-5-4-10-2-3-11(19-10)12(15)14-6-8-18-9-7-14/h2-3,13H,4-9H2,1H3. The largest absolute Gasteiger partial charge is 0.378 e. The third-order valence-electron chi connectivity index (χ3n) is 2.91. The van der Waals surface area contributed by atoms with Crippen molar-refractivity contribution in [2.45, 2.75) is 6.42 Å². The normalized spacial score (nSPS) is 16.4. The van der Waals surface area contributed by atoms with E-state index >= 15 is 0 Å². The van der Waals surface area contributed by atoms with Crippen molar-refractivity contribution in [2.75, 3.05) is 39.1 Å². The van der Waals surface area contributed by atoms with Crippen molar-refractivity contribution >= 4 is 27.3 Å². The molecule has 1 fully saturated rings. The maximum absolute atomic E-state index is 12.2. The molecule has 0 spiro atoms. The first-order valence-corrected chi connectivity index (χ1v) is 9.07. The minimum atomic E-state index is -3.16. The molecule has 1 amide bonds. The highest BCUT2D eigenvalue weighted by molar-refractivity contribution is 7.88. The average molecular weight is 318 g/mol. The molecular formula is C12H18N2O4S2. The molecule has 1 saturated heterocycles. The molecule has 6 nitrogen and oxygen atoms in total. The van der Waals surface area contributed by atoms with Crippen LogP contribution in [0.4, 0.5) is 0 Å². The van der Waals surface area contributed by atoms with Gasteiger partial charge in [0.05, 0.1) is 24.3 Å². The summed E-state index contributed by atoms with van der Waals surface area (Å²) in [7, 11) is -3.16. The van der Waals surface area contributed by atoms with E-state index in [9.17, 15) is 13.2 Å². The van der Waals surface area contributed by atoms with E-state index in [1.54, 1.807) is 11.0 Å². The Hall–Kier alpha value is -0.960. The molecule has 1 aliphatic rings. The van der Waals surface area contributed by atoms with Crippen LogP contribution in [0.1, 0.15) is 14.5 Å². The Bertz CT molecular complexity index is 562. The van der Waals surface area contributed by atoms with Gasteiger partial charge >= 0.3 is 0 Å². The smallest absolute Gasteiger partial charge is 0.264 e. The molecule has 2 heterocycles. The number of rotatable bonds is 5. The minimum Gasteiger partial charge on any atom is -0.378 e. The number of ether oxygens (including phenoxy) is 1. The summed E-state index contributed by atoms with van der Waals surface area (Å²) in [6.45, 7) is 2.78. The molecule has 0 aliphatic carbocycles. The molecule has 1 aliphatic heterocycles. The molecule has 0 saturated carbocycles. The summed E-state index contributed by atoms with van der Waals surface area (Å²) in [5, 5.41) is 0. The summed E-state index contributed by atoms with van der Waals surface area (Å²) in [4.78, 5) is 15.7. The van der Waals surface area contributed by atoms with Crippen molar-refractivity contribution in [3.05, 3.63) is 21.9 Å². The number of carbonyl (C=O) groups is 1. The topological polar surface area (TPSA) is 75.7 Å². The monoisotopic (exact) mass is 318 g/mol. The maximum atomic E-state index is 12.2. The van der Waals surface area contributed by atoms with Crippen LogP contribution in [0, 0.1) is 0 Å². The van der Waals surface area contributed by atoms with Gasteiger partial charge in [-0.05, 0) is 18.6 Å². The number of carbonyl (C=O) groups excluding carboxylic acids is 1. The zero-order valence-corrected chi connectivity index (χ0v) is 12.9. The third-order valence-corrected chi connectivity index (χ3v) is 4.77. The number of sulfonamides is 1. The molecule has 0 unspecified atom stereocenters. The highest BCUT2D eigenvalue weighted by Crippen LogP contribution is 2.19. The Balaban J connectivity index is 1.89. The lowest BCUT2D eigenvalue weighted by molar-refractivity contribution is 0.0306. The molecule has 0 radical (unpaired) electrons. The van der Waals surface area contributed by atoms with Gasteiger partial charge in [0, 0.05) is 24.5 Å². The number of hydrogen-bond donors (Lipinski definition) is 1. The number of nitrogens with zero attached hydrogens (tertiary/aromatic N) is 1. The number of morpholine rings is 1. The lowest BCUT2D eigenvalue weighted by atomic mass is 10.3. The molecule has 8 heteroatoms. The van der Waals surface area contributed by atoms with Gasteiger partial charge < -0.3 is 9.64 Å². The Labute approximate surface area is 122 Å². The summed E-state index contributed by atoms with van der Waals surface area (Å²) in [6.07, 6.45) is 1.73. The van der Waals surface area contributed by atoms with E-state index in [0.717, 1.165) is 11.1 Å². The Kier molecular flexibility index (Phi) is 5.14. The number of amides is 1. The molecule has 2 rings (SSSR count). The minimum absolute atomic E-state index is 0.0284. The fourth-order valence-electron chi connectivity index (χ4n) is 1.91. The maximum Gasteiger partial charge on any atom is 0.264 e. The first kappa shape index (κ1) is 15.4. The summed E-state index contributed by atoms with van der Waals surface area (Å²) in [6, 6.07) is 3.68. The molecule has 20 heavy (non-hydrogen) atoms. The molecule has 0 bridgehead atoms. The van der Waals surface area contributed by atoms with Crippen LogP contribution in [0.15, 0.2) is 12.1 Å². The first-order valence-electron chi connectivity index (χ1n) is 6.36. The van der Waals surface area contributed by atoms with Gasteiger partial charge in [-0.1, -0.05) is 0 Å². The van der Waals surface area contributed by atoms with E-state index in [2.05, 4.69) is 4.72 Å². The highest BCUT2D eigenvalue weighted by atomic mass is 32.2. The number of thiophene rings is 1. The fraction of sp³-hybridized carbons (Fsp3) is 0.583. The van der Waals surface area contributed by atoms with Gasteiger partial charge in [-0.25, -0.2) is 13.1 Å². The quantitative estimate of drug-likeness (QED) is 0.848. The predicted octanol–water partition coefficient (Wildman–Crippen LogP) is 0.312. The van der Waals surface area contributed by atoms with Gasteiger partial charge in [-0.3, -0.25) is 4.79 Å². The van der Waals surface area contributed by atoms with Gasteiger partial charge in [0.15, 0.2) is 0 Å². The third kappa shape index (κ3) is 4.55. The molecule has 1 aromatic rings. The van der Waals surface area contributed by atoms with E-state index in [0.29, 0.717) is 44.1 Å². The summed E-state index contributed by atoms with van der Waals surface area (Å²) >= 11 is 1.42. The van der Waals surface area contributed by atoms with Crippen LogP contribution < -0.4 is 4.72 Å². The lowest BCUT2D eigenvalue weighted by Crippen LogP contribution is -2.40. The van der Waals surface area contributed by atoms with Crippen molar-refractivity contribution in [3.63, 3.8) is 0 Å². The summed E-state index contributed by atoms with van der Waals surface area (Å²) < 4.78 is 29.6. The van der Waals surface area contributed by atoms with Gasteiger partial charge in [-0.15, -0.1) is 11.3 Å². The molecule has 112 valence electrons. The van der Waals surface area contributed by atoms with Crippen molar-refractivity contribution in [3.8, 4) is 0 Å². The second-order valence-electron chi connectivity index (χ2n) is 4.59. The van der Waals surface area contributed by atoms with E-state index in [4.69, 9.17) is 4.74 Å². The second-order valence-corrected chi connectivity index (χ2v) is 7.59. The van der Waals surface area contributed by atoms with Gasteiger partial charge in [-0.2, -0.15) is 0 Å². The molecule has 1 aromatic heterocycles. The van der Waals surface area contributed by atoms with Crippen molar-refractivity contribution < 1.29 is 17.9 Å². The highest BCUT2D eigenvalue weighted by Gasteiger charge is 2.19. The Morgan fingerprint density at radius 2 is 2.10 bits per heavy atom. The second kappa shape index (κ2) is 6.66. The molecular weight excluding hydrogens is 300 g/mol. The van der Waals surface area contributed by atoms with Crippen LogP contribution in [0.5, 0.6) is 0 Å². The lowest BCUT2D eigenvalue weighted by Gasteiger charge is -2.26. The van der Waals surface area contributed by atoms with Crippen LogP contribution in [-0.4, -0.2) is 58.3 Å². The molecule has 0 aromatic carbocycles. The van der Waals surface area contributed by atoms with Gasteiger partial charge in [0.25, 0.3) is 5.91 Å². The SMILES string of the molecule is CS(=O)(=O)NCCc1ccc(C(=O)N2CCOCC2)s1. The van der Waals surface area contributed by atoms with E-state index in [1.807, 2.05) is 6.07 Å². The number of hydrogen-bond acceptors (Lipinski definition) is 5. The molecule has 1 N–H and O–H groups in total. The van der Waals surface area contributed by atoms with Crippen molar-refractivity contribution in [1.29, 1.82) is 0 Å². The van der Waals surface area contributed by atoms with E-state index in [1.165, 1.54) is 11.3 Å². The summed E-state index contributed by atoms with van der Waals surface area (Å²) in [5.41, 5.74) is 0. The van der Waals surface area contributed by atoms with E-state index < -0.39 is 10.0 Å². The van der Waals surface area contributed by atoms with Crippen molar-refractivity contribution in [1.82, 2.24) is 9.62 Å². The number of nitrogens with one attached hydrogen (secondary N) is 1. The van der Waals surface area contributed by atoms with Gasteiger partial charge in [0.1, 0.15) is 0 Å². The first-order chi connectivity index (χ1) is 9.46. The molecule has 0 atom stereocenters. The van der Waals surface area contributed by atoms with Crippen LogP contribution in [0.3, 0.4) is 0 Å². The van der Waals surface area contributed by atoms with Crippen LogP contribution in [0.2, 0.25) is 0 Å². The predicted molar refractivity (Wildman–Crippen MR) is 77.6 cm³/mol. The van der Waals surface area contributed by atoms with Gasteiger partial charge in [0.2, 0.25) is 10.0 Å². The fourth-order valence-corrected chi connectivity index (χ4v) is 3.36. The summed E-state index contributed by atoms with van der Waals surface area (Å²) in [5.74, 6) is 0.0284. The Morgan fingerprint density at radius 1 is 1.40 bits per heavy atom. The zero-order valence-electron chi connectivity index (χ0n) is 11.3. The van der Waals surface area contributed by atoms with E-state index in [-0.39, 0.29) is 5.91 Å².